The molecule has 1 aliphatic carbocycles. The largest absolute Gasteiger partial charge is 0.495 e. The van der Waals surface area contributed by atoms with E-state index in [0.29, 0.717) is 34.5 Å². The lowest BCUT2D eigenvalue weighted by molar-refractivity contribution is 0.0938. The van der Waals surface area contributed by atoms with Gasteiger partial charge in [0, 0.05) is 40.3 Å². The SMILES string of the molecule is COc1ccc2oc3c(c2c1Cl)CC(c1cnc(C(C)C)s1)CC3=O. The fourth-order valence-electron chi connectivity index (χ4n) is 3.36. The van der Waals surface area contributed by atoms with E-state index >= 15 is 0 Å². The third kappa shape index (κ3) is 2.66. The van der Waals surface area contributed by atoms with Crippen molar-refractivity contribution in [3.8, 4) is 5.75 Å². The Morgan fingerprint density at radius 2 is 2.16 bits per heavy atom. The van der Waals surface area contributed by atoms with Crippen LogP contribution in [0.25, 0.3) is 11.0 Å². The number of benzene rings is 1. The molecule has 3 aromatic rings. The zero-order valence-corrected chi connectivity index (χ0v) is 15.8. The Morgan fingerprint density at radius 3 is 2.84 bits per heavy atom. The van der Waals surface area contributed by atoms with Gasteiger partial charge in [-0.1, -0.05) is 25.4 Å². The first-order valence-corrected chi connectivity index (χ1v) is 9.45. The van der Waals surface area contributed by atoms with Crippen LogP contribution in [0.1, 0.15) is 58.1 Å². The van der Waals surface area contributed by atoms with Gasteiger partial charge in [0.05, 0.1) is 17.1 Å². The van der Waals surface area contributed by atoms with Crippen LogP contribution >= 0.6 is 22.9 Å². The Morgan fingerprint density at radius 1 is 1.36 bits per heavy atom. The zero-order valence-electron chi connectivity index (χ0n) is 14.3. The molecule has 0 radical (unpaired) electrons. The molecule has 1 aromatic carbocycles. The highest BCUT2D eigenvalue weighted by Gasteiger charge is 2.33. The van der Waals surface area contributed by atoms with Crippen LogP contribution in [0.15, 0.2) is 22.7 Å². The molecule has 0 aliphatic heterocycles. The third-order valence-corrected chi connectivity index (χ3v) is 6.49. The fourth-order valence-corrected chi connectivity index (χ4v) is 4.73. The number of rotatable bonds is 3. The van der Waals surface area contributed by atoms with Crippen molar-refractivity contribution in [1.29, 1.82) is 0 Å². The number of nitrogens with zero attached hydrogens (tertiary/aromatic N) is 1. The average molecular weight is 376 g/mol. The predicted molar refractivity (Wildman–Crippen MR) is 99.4 cm³/mol. The quantitative estimate of drug-likeness (QED) is 0.599. The molecule has 4 rings (SSSR count). The number of aromatic nitrogens is 1. The molecule has 0 amide bonds. The van der Waals surface area contributed by atoms with E-state index in [1.165, 1.54) is 0 Å². The van der Waals surface area contributed by atoms with E-state index in [1.54, 1.807) is 24.5 Å². The normalized spacial score (nSPS) is 17.3. The number of ketones is 1. The zero-order chi connectivity index (χ0) is 17.7. The van der Waals surface area contributed by atoms with E-state index < -0.39 is 0 Å². The summed E-state index contributed by atoms with van der Waals surface area (Å²) in [6.45, 7) is 4.25. The first-order chi connectivity index (χ1) is 12.0. The molecule has 0 bridgehead atoms. The van der Waals surface area contributed by atoms with Gasteiger partial charge in [-0.15, -0.1) is 11.3 Å². The van der Waals surface area contributed by atoms with Gasteiger partial charge >= 0.3 is 0 Å². The number of hydrogen-bond donors (Lipinski definition) is 0. The minimum atomic E-state index is 0.0250. The maximum Gasteiger partial charge on any atom is 0.198 e. The summed E-state index contributed by atoms with van der Waals surface area (Å²) < 4.78 is 11.1. The van der Waals surface area contributed by atoms with Gasteiger partial charge in [0.2, 0.25) is 0 Å². The van der Waals surface area contributed by atoms with E-state index in [2.05, 4.69) is 18.8 Å². The molecule has 0 saturated heterocycles. The molecule has 1 aliphatic rings. The van der Waals surface area contributed by atoms with E-state index in [0.717, 1.165) is 27.3 Å². The highest BCUT2D eigenvalue weighted by atomic mass is 35.5. The standard InChI is InChI=1S/C19H18ClNO3S/c1-9(2)19-21-8-15(25-19)10-6-11-16-13(24-18(11)12(22)7-10)4-5-14(23-3)17(16)20/h4-5,8-10H,6-7H2,1-3H3. The maximum atomic E-state index is 12.7. The highest BCUT2D eigenvalue weighted by molar-refractivity contribution is 7.11. The van der Waals surface area contributed by atoms with Gasteiger partial charge in [-0.2, -0.15) is 0 Å². The number of halogens is 1. The summed E-state index contributed by atoms with van der Waals surface area (Å²) in [6, 6.07) is 3.57. The molecular weight excluding hydrogens is 358 g/mol. The van der Waals surface area contributed by atoms with Gasteiger partial charge in [-0.25, -0.2) is 4.98 Å². The van der Waals surface area contributed by atoms with Crippen molar-refractivity contribution in [3.63, 3.8) is 0 Å². The second-order valence-electron chi connectivity index (χ2n) is 6.65. The van der Waals surface area contributed by atoms with Crippen LogP contribution < -0.4 is 4.74 Å². The van der Waals surface area contributed by atoms with Gasteiger partial charge in [0.15, 0.2) is 11.5 Å². The number of carbonyl (C=O) groups excluding carboxylic acids is 1. The van der Waals surface area contributed by atoms with Crippen LogP contribution in [0.4, 0.5) is 0 Å². The lowest BCUT2D eigenvalue weighted by Crippen LogP contribution is -2.16. The molecule has 1 atom stereocenters. The lowest BCUT2D eigenvalue weighted by atomic mass is 9.85. The molecule has 1 unspecified atom stereocenters. The molecule has 130 valence electrons. The molecule has 25 heavy (non-hydrogen) atoms. The molecule has 4 nitrogen and oxygen atoms in total. The molecule has 6 heteroatoms. The van der Waals surface area contributed by atoms with Gasteiger partial charge in [0.25, 0.3) is 0 Å². The van der Waals surface area contributed by atoms with E-state index in [4.69, 9.17) is 20.8 Å². The summed E-state index contributed by atoms with van der Waals surface area (Å²) in [7, 11) is 1.58. The summed E-state index contributed by atoms with van der Waals surface area (Å²) in [6.07, 6.45) is 3.08. The van der Waals surface area contributed by atoms with Crippen LogP contribution in [-0.2, 0) is 6.42 Å². The van der Waals surface area contributed by atoms with Crippen LogP contribution in [0, 0.1) is 0 Å². The number of fused-ring (bicyclic) bond motifs is 3. The monoisotopic (exact) mass is 375 g/mol. The maximum absolute atomic E-state index is 12.7. The Hall–Kier alpha value is -1.85. The molecular formula is C19H18ClNO3S. The minimum Gasteiger partial charge on any atom is -0.495 e. The molecule has 2 heterocycles. The lowest BCUT2D eigenvalue weighted by Gasteiger charge is -2.19. The summed E-state index contributed by atoms with van der Waals surface area (Å²) in [5, 5.41) is 2.40. The van der Waals surface area contributed by atoms with Gasteiger partial charge in [-0.05, 0) is 18.6 Å². The van der Waals surface area contributed by atoms with E-state index in [9.17, 15) is 4.79 Å². The van der Waals surface area contributed by atoms with E-state index in [1.807, 2.05) is 12.3 Å². The van der Waals surface area contributed by atoms with E-state index in [-0.39, 0.29) is 11.7 Å². The number of carbonyl (C=O) groups is 1. The average Bonchev–Trinajstić information content (AvgIpc) is 3.20. The summed E-state index contributed by atoms with van der Waals surface area (Å²) >= 11 is 8.19. The smallest absolute Gasteiger partial charge is 0.198 e. The molecule has 0 fully saturated rings. The fraction of sp³-hybridized carbons (Fsp3) is 0.368. The first-order valence-electron chi connectivity index (χ1n) is 8.26. The molecule has 0 spiro atoms. The Balaban J connectivity index is 1.80. The van der Waals surface area contributed by atoms with Gasteiger partial charge in [0.1, 0.15) is 11.3 Å². The number of thiazole rings is 1. The Kier molecular flexibility index (Phi) is 4.08. The number of Topliss-reactive ketones (excluding diaryl/α,β-unsaturated/α-hetero) is 1. The van der Waals surface area contributed by atoms with Gasteiger partial charge < -0.3 is 9.15 Å². The summed E-state index contributed by atoms with van der Waals surface area (Å²) in [5.74, 6) is 1.56. The topological polar surface area (TPSA) is 52.3 Å². The van der Waals surface area contributed by atoms with Crippen molar-refractivity contribution in [2.24, 2.45) is 0 Å². The van der Waals surface area contributed by atoms with Crippen LogP contribution in [-0.4, -0.2) is 17.9 Å². The van der Waals surface area contributed by atoms with Crippen molar-refractivity contribution in [1.82, 2.24) is 4.98 Å². The van der Waals surface area contributed by atoms with Crippen molar-refractivity contribution < 1.29 is 13.9 Å². The van der Waals surface area contributed by atoms with Crippen molar-refractivity contribution in [3.05, 3.63) is 44.6 Å². The second-order valence-corrected chi connectivity index (χ2v) is 8.12. The Bertz CT molecular complexity index is 973. The summed E-state index contributed by atoms with van der Waals surface area (Å²) in [4.78, 5) is 18.3. The number of methoxy groups -OCH3 is 1. The Labute approximate surface area is 154 Å². The first kappa shape index (κ1) is 16.6. The predicted octanol–water partition coefficient (Wildman–Crippen LogP) is 5.59. The van der Waals surface area contributed by atoms with Crippen LogP contribution in [0.2, 0.25) is 5.02 Å². The summed E-state index contributed by atoms with van der Waals surface area (Å²) in [5.41, 5.74) is 1.52. The van der Waals surface area contributed by atoms with Gasteiger partial charge in [-0.3, -0.25) is 4.79 Å². The number of hydrogen-bond acceptors (Lipinski definition) is 5. The van der Waals surface area contributed by atoms with Crippen LogP contribution in [0.3, 0.4) is 0 Å². The third-order valence-electron chi connectivity index (χ3n) is 4.65. The van der Waals surface area contributed by atoms with Crippen molar-refractivity contribution in [2.45, 2.75) is 38.5 Å². The number of ether oxygens (including phenoxy) is 1. The molecule has 2 aromatic heterocycles. The molecule has 0 saturated carbocycles. The number of furan rings is 1. The minimum absolute atomic E-state index is 0.0250. The highest BCUT2D eigenvalue weighted by Crippen LogP contribution is 2.44. The van der Waals surface area contributed by atoms with Crippen molar-refractivity contribution in [2.75, 3.05) is 7.11 Å². The second kappa shape index (κ2) is 6.15. The molecule has 0 N–H and O–H groups in total. The van der Waals surface area contributed by atoms with Crippen LogP contribution in [0.5, 0.6) is 5.75 Å². The van der Waals surface area contributed by atoms with Crippen molar-refractivity contribution >= 4 is 39.7 Å².